The van der Waals surface area contributed by atoms with Crippen molar-refractivity contribution in [2.45, 2.75) is 72.9 Å². The van der Waals surface area contributed by atoms with Crippen molar-refractivity contribution in [3.8, 4) is 0 Å². The molecule has 6 aliphatic heterocycles. The molecule has 67 heavy (non-hydrogen) atoms. The number of rotatable bonds is 18. The zero-order chi connectivity index (χ0) is 46.2. The number of fused-ring (bicyclic) bond motifs is 8. The second-order valence-electron chi connectivity index (χ2n) is 19.8. The third kappa shape index (κ3) is 8.44. The van der Waals surface area contributed by atoms with Gasteiger partial charge in [-0.1, -0.05) is 85.0 Å². The molecule has 10 atom stereocenters. The SMILES string of the molecule is C=CCO[C@H](c1ccnc2ccccc12)[C@H]1C[C@@H]2CC[N@@+]1(Cc1ccc(S(=O)(=O)c3ccc(C[N@@+]45CC[C@@H](C[C@@H]4[C@H](OCC=C)c4ccnc6ccccc46)[C@@H](C=C)C5)cc3)cc1)C[C@@H]2C=C. The fourth-order valence-electron chi connectivity index (χ4n) is 13.0. The fraction of sp³-hybridized carbons (Fsp3) is 0.345. The van der Waals surface area contributed by atoms with Gasteiger partial charge >= 0.3 is 0 Å². The summed E-state index contributed by atoms with van der Waals surface area (Å²) in [6, 6.07) is 36.6. The van der Waals surface area contributed by atoms with E-state index in [-0.39, 0.29) is 24.3 Å². The van der Waals surface area contributed by atoms with Crippen molar-refractivity contribution in [1.29, 1.82) is 0 Å². The second-order valence-corrected chi connectivity index (χ2v) is 21.7. The van der Waals surface area contributed by atoms with E-state index in [2.05, 4.69) is 97.0 Å². The van der Waals surface area contributed by atoms with E-state index < -0.39 is 9.84 Å². The van der Waals surface area contributed by atoms with E-state index in [1.807, 2.05) is 60.9 Å². The minimum atomic E-state index is -3.78. The van der Waals surface area contributed by atoms with E-state index in [1.165, 1.54) is 0 Å². The van der Waals surface area contributed by atoms with Gasteiger partial charge in [0, 0.05) is 71.8 Å². The number of hydrogen-bond acceptors (Lipinski definition) is 6. The zero-order valence-corrected chi connectivity index (χ0v) is 39.4. The van der Waals surface area contributed by atoms with Crippen molar-refractivity contribution in [2.75, 3.05) is 39.4 Å². The molecule has 4 aromatic carbocycles. The molecule has 6 aromatic rings. The van der Waals surface area contributed by atoms with Crippen LogP contribution >= 0.6 is 0 Å². The standard InChI is InChI=1S/C58H64N4O4S/c1-5-33-65-57(51-25-29-59-53-15-11-9-13-49(51)53)55-35-45-27-31-61(55,39-43(45)7-3)37-41-17-21-47(22-18-41)67(63,64)48-23-19-42(20-24-48)38-62-32-28-46(44(8-4)40-62)36-56(62)58(66-34-6-2)52-26-30-60-54-16-12-10-14-50(52)54/h5-26,29-30,43-46,55-58H,1-4,27-28,31-40H2/q+2/t43-,44-,45-,46-,55+,56+,57+,58+,61+,62+/m0/s1. The normalized spacial score (nSPS) is 27.6. The fourth-order valence-corrected chi connectivity index (χ4v) is 14.3. The number of ether oxygens (including phenoxy) is 2. The van der Waals surface area contributed by atoms with Gasteiger partial charge in [-0.25, -0.2) is 8.42 Å². The molecular weight excluding hydrogens is 849 g/mol. The lowest BCUT2D eigenvalue weighted by atomic mass is 9.71. The molecule has 12 rings (SSSR count). The minimum absolute atomic E-state index is 0.156. The lowest BCUT2D eigenvalue weighted by molar-refractivity contribution is -0.985. The number of aromatic nitrogens is 2. The molecule has 8 heterocycles. The Morgan fingerprint density at radius 3 is 1.40 bits per heavy atom. The van der Waals surface area contributed by atoms with Gasteiger partial charge in [0.2, 0.25) is 9.84 Å². The highest BCUT2D eigenvalue weighted by molar-refractivity contribution is 7.91. The Morgan fingerprint density at radius 1 is 0.582 bits per heavy atom. The van der Waals surface area contributed by atoms with Crippen LogP contribution in [0, 0.1) is 23.7 Å². The first-order valence-electron chi connectivity index (χ1n) is 24.2. The Morgan fingerprint density at radius 2 is 1.00 bits per heavy atom. The maximum atomic E-state index is 14.4. The van der Waals surface area contributed by atoms with Crippen LogP contribution in [0.3, 0.4) is 0 Å². The number of pyridine rings is 2. The maximum absolute atomic E-state index is 14.4. The smallest absolute Gasteiger partial charge is 0.206 e. The number of sulfone groups is 1. The van der Waals surface area contributed by atoms with Crippen molar-refractivity contribution in [2.24, 2.45) is 23.7 Å². The van der Waals surface area contributed by atoms with Gasteiger partial charge in [0.15, 0.2) is 0 Å². The summed E-state index contributed by atoms with van der Waals surface area (Å²) in [5.74, 6) is 1.92. The molecule has 0 amide bonds. The van der Waals surface area contributed by atoms with Crippen molar-refractivity contribution in [3.05, 3.63) is 194 Å². The Kier molecular flexibility index (Phi) is 12.7. The molecule has 9 heteroatoms. The summed E-state index contributed by atoms with van der Waals surface area (Å²) in [7, 11) is -3.78. The molecule has 2 aromatic heterocycles. The summed E-state index contributed by atoms with van der Waals surface area (Å²) in [5, 5.41) is 2.23. The van der Waals surface area contributed by atoms with Gasteiger partial charge in [-0.15, -0.1) is 26.3 Å². The Hall–Kier alpha value is -5.55. The van der Waals surface area contributed by atoms with Crippen LogP contribution in [0.25, 0.3) is 21.8 Å². The molecule has 0 radical (unpaired) electrons. The molecule has 344 valence electrons. The van der Waals surface area contributed by atoms with Gasteiger partial charge < -0.3 is 18.4 Å². The summed E-state index contributed by atoms with van der Waals surface area (Å²) in [6.07, 6.45) is 15.8. The largest absolute Gasteiger partial charge is 0.363 e. The van der Waals surface area contributed by atoms with Crippen molar-refractivity contribution in [3.63, 3.8) is 0 Å². The highest BCUT2D eigenvalue weighted by Crippen LogP contribution is 2.51. The van der Waals surface area contributed by atoms with Crippen LogP contribution < -0.4 is 0 Å². The highest BCUT2D eigenvalue weighted by Gasteiger charge is 2.56. The van der Waals surface area contributed by atoms with Crippen LogP contribution in [0.2, 0.25) is 0 Å². The number of benzene rings is 4. The first kappa shape index (κ1) is 45.2. The van der Waals surface area contributed by atoms with Crippen LogP contribution in [0.1, 0.15) is 60.1 Å². The van der Waals surface area contributed by atoms with E-state index in [4.69, 9.17) is 9.47 Å². The molecule has 6 aliphatic rings. The summed E-state index contributed by atoms with van der Waals surface area (Å²) >= 11 is 0. The molecule has 6 saturated heterocycles. The van der Waals surface area contributed by atoms with Crippen LogP contribution in [0.4, 0.5) is 0 Å². The molecule has 0 N–H and O–H groups in total. The van der Waals surface area contributed by atoms with E-state index in [0.29, 0.717) is 46.7 Å². The monoisotopic (exact) mass is 912 g/mol. The number of nitrogens with zero attached hydrogens (tertiary/aromatic N) is 4. The molecule has 0 aliphatic carbocycles. The maximum Gasteiger partial charge on any atom is 0.206 e. The predicted octanol–water partition coefficient (Wildman–Crippen LogP) is 11.3. The van der Waals surface area contributed by atoms with Gasteiger partial charge in [-0.05, 0) is 71.5 Å². The van der Waals surface area contributed by atoms with Gasteiger partial charge in [0.05, 0.1) is 60.2 Å². The molecule has 0 unspecified atom stereocenters. The van der Waals surface area contributed by atoms with Gasteiger partial charge in [0.25, 0.3) is 0 Å². The molecule has 4 bridgehead atoms. The topological polar surface area (TPSA) is 78.4 Å². The van der Waals surface area contributed by atoms with E-state index >= 15 is 0 Å². The predicted molar refractivity (Wildman–Crippen MR) is 267 cm³/mol. The number of hydrogen-bond donors (Lipinski definition) is 0. The first-order chi connectivity index (χ1) is 32.7. The summed E-state index contributed by atoms with van der Waals surface area (Å²) in [4.78, 5) is 9.96. The van der Waals surface area contributed by atoms with Crippen LogP contribution in [-0.4, -0.2) is 78.8 Å². The molecular formula is C58H64N4O4S+2. The van der Waals surface area contributed by atoms with E-state index in [9.17, 15) is 8.42 Å². The van der Waals surface area contributed by atoms with Crippen molar-refractivity contribution < 1.29 is 26.9 Å². The average Bonchev–Trinajstić information content (AvgIpc) is 3.37. The van der Waals surface area contributed by atoms with Gasteiger partial charge in [-0.2, -0.15) is 0 Å². The van der Waals surface area contributed by atoms with Crippen LogP contribution in [0.5, 0.6) is 0 Å². The second kappa shape index (κ2) is 18.9. The van der Waals surface area contributed by atoms with Crippen LogP contribution in [-0.2, 0) is 32.4 Å². The summed E-state index contributed by atoms with van der Waals surface area (Å²) < 4.78 is 44.0. The third-order valence-corrected chi connectivity index (χ3v) is 18.1. The lowest BCUT2D eigenvalue weighted by Gasteiger charge is -2.58. The van der Waals surface area contributed by atoms with Crippen molar-refractivity contribution >= 4 is 31.6 Å². The number of piperidine rings is 6. The molecule has 6 fully saturated rings. The van der Waals surface area contributed by atoms with Gasteiger partial charge in [-0.3, -0.25) is 9.97 Å². The Labute approximate surface area is 397 Å². The minimum Gasteiger partial charge on any atom is -0.363 e. The number of quaternary nitrogens is 2. The zero-order valence-electron chi connectivity index (χ0n) is 38.6. The van der Waals surface area contributed by atoms with Crippen molar-refractivity contribution in [1.82, 2.24) is 9.97 Å². The molecule has 8 nitrogen and oxygen atoms in total. The average molecular weight is 913 g/mol. The number of para-hydroxylation sites is 2. The Balaban J connectivity index is 0.908. The molecule has 0 spiro atoms. The Bertz CT molecular complexity index is 2700. The van der Waals surface area contributed by atoms with E-state index in [0.717, 1.165) is 118 Å². The van der Waals surface area contributed by atoms with E-state index in [1.54, 1.807) is 24.3 Å². The summed E-state index contributed by atoms with van der Waals surface area (Å²) in [5.41, 5.74) is 6.48. The first-order valence-corrected chi connectivity index (χ1v) is 25.7. The summed E-state index contributed by atoms with van der Waals surface area (Å²) in [6.45, 7) is 23.0. The molecule has 0 saturated carbocycles. The lowest BCUT2D eigenvalue weighted by Crippen LogP contribution is -2.67. The third-order valence-electron chi connectivity index (χ3n) is 16.3. The van der Waals surface area contributed by atoms with Crippen LogP contribution in [0.15, 0.2) is 182 Å². The quantitative estimate of drug-likeness (QED) is 0.0631. The van der Waals surface area contributed by atoms with Gasteiger partial charge in [0.1, 0.15) is 37.4 Å². The highest BCUT2D eigenvalue weighted by atomic mass is 32.2.